The minimum absolute atomic E-state index is 0.147. The van der Waals surface area contributed by atoms with Gasteiger partial charge in [0.1, 0.15) is 0 Å². The van der Waals surface area contributed by atoms with Crippen molar-refractivity contribution in [3.8, 4) is 0 Å². The summed E-state index contributed by atoms with van der Waals surface area (Å²) in [6.45, 7) is 4.49. The van der Waals surface area contributed by atoms with Crippen molar-refractivity contribution in [3.63, 3.8) is 0 Å². The van der Waals surface area contributed by atoms with E-state index in [4.69, 9.17) is 4.74 Å². The maximum atomic E-state index is 11.4. The summed E-state index contributed by atoms with van der Waals surface area (Å²) >= 11 is 0. The second kappa shape index (κ2) is 7.25. The first kappa shape index (κ1) is 14.8. The van der Waals surface area contributed by atoms with E-state index < -0.39 is 0 Å². The molecule has 4 nitrogen and oxygen atoms in total. The Balaban J connectivity index is 1.53. The largest absolute Gasteiger partial charge is 0.370 e. The van der Waals surface area contributed by atoms with Crippen molar-refractivity contribution in [2.45, 2.75) is 70.0 Å². The van der Waals surface area contributed by atoms with Crippen molar-refractivity contribution in [1.82, 2.24) is 10.6 Å². The van der Waals surface area contributed by atoms with Crippen LogP contribution in [0.1, 0.15) is 58.3 Å². The summed E-state index contributed by atoms with van der Waals surface area (Å²) in [5.41, 5.74) is 0.227. The number of amides is 1. The molecule has 1 aliphatic carbocycles. The number of hydrogen-bond acceptors (Lipinski definition) is 3. The SMILES string of the molecule is CCCNC(=O)CCNCC1CCC2(CCCC2)O1. The lowest BCUT2D eigenvalue weighted by atomic mass is 9.98. The molecule has 0 bridgehead atoms. The van der Waals surface area contributed by atoms with Crippen LogP contribution in [0.2, 0.25) is 0 Å². The molecule has 1 amide bonds. The lowest BCUT2D eigenvalue weighted by molar-refractivity contribution is -0.121. The molecule has 2 N–H and O–H groups in total. The summed E-state index contributed by atoms with van der Waals surface area (Å²) in [6, 6.07) is 0. The predicted octanol–water partition coefficient (Wildman–Crippen LogP) is 1.98. The van der Waals surface area contributed by atoms with Crippen LogP contribution in [0.15, 0.2) is 0 Å². The Morgan fingerprint density at radius 2 is 2.05 bits per heavy atom. The van der Waals surface area contributed by atoms with Gasteiger partial charge in [-0.25, -0.2) is 0 Å². The highest BCUT2D eigenvalue weighted by Gasteiger charge is 2.41. The van der Waals surface area contributed by atoms with E-state index in [2.05, 4.69) is 17.6 Å². The van der Waals surface area contributed by atoms with E-state index >= 15 is 0 Å². The first-order chi connectivity index (χ1) is 9.24. The molecule has 0 aromatic rings. The number of hydrogen-bond donors (Lipinski definition) is 2. The maximum absolute atomic E-state index is 11.4. The summed E-state index contributed by atoms with van der Waals surface area (Å²) in [5, 5.41) is 6.25. The van der Waals surface area contributed by atoms with Gasteiger partial charge in [0.15, 0.2) is 0 Å². The third-order valence-corrected chi connectivity index (χ3v) is 4.33. The van der Waals surface area contributed by atoms with Crippen LogP contribution in [0.5, 0.6) is 0 Å². The van der Waals surface area contributed by atoms with Crippen LogP contribution < -0.4 is 10.6 Å². The second-order valence-electron chi connectivity index (χ2n) is 5.97. The minimum Gasteiger partial charge on any atom is -0.370 e. The molecule has 2 rings (SSSR count). The number of ether oxygens (including phenoxy) is 1. The van der Waals surface area contributed by atoms with Gasteiger partial charge < -0.3 is 15.4 Å². The summed E-state index contributed by atoms with van der Waals surface area (Å²) in [4.78, 5) is 11.4. The topological polar surface area (TPSA) is 50.4 Å². The van der Waals surface area contributed by atoms with Crippen LogP contribution >= 0.6 is 0 Å². The molecule has 0 aromatic heterocycles. The van der Waals surface area contributed by atoms with Gasteiger partial charge in [0.2, 0.25) is 5.91 Å². The Morgan fingerprint density at radius 1 is 1.26 bits per heavy atom. The van der Waals surface area contributed by atoms with Gasteiger partial charge in [-0.2, -0.15) is 0 Å². The molecular formula is C15H28N2O2. The Hall–Kier alpha value is -0.610. The van der Waals surface area contributed by atoms with Crippen LogP contribution in [0.25, 0.3) is 0 Å². The average Bonchev–Trinajstić information content (AvgIpc) is 3.03. The van der Waals surface area contributed by atoms with E-state index in [9.17, 15) is 4.79 Å². The van der Waals surface area contributed by atoms with Gasteiger partial charge in [-0.05, 0) is 32.1 Å². The molecule has 1 aliphatic heterocycles. The first-order valence-electron chi connectivity index (χ1n) is 7.89. The van der Waals surface area contributed by atoms with E-state index in [1.54, 1.807) is 0 Å². The molecule has 1 saturated heterocycles. The van der Waals surface area contributed by atoms with Gasteiger partial charge in [-0.1, -0.05) is 19.8 Å². The number of rotatable bonds is 7. The molecule has 2 fully saturated rings. The molecule has 1 atom stereocenters. The van der Waals surface area contributed by atoms with Crippen molar-refractivity contribution in [2.24, 2.45) is 0 Å². The van der Waals surface area contributed by atoms with Gasteiger partial charge in [0, 0.05) is 26.1 Å². The van der Waals surface area contributed by atoms with Gasteiger partial charge in [-0.15, -0.1) is 0 Å². The van der Waals surface area contributed by atoms with Crippen molar-refractivity contribution < 1.29 is 9.53 Å². The Kier molecular flexibility index (Phi) is 5.64. The van der Waals surface area contributed by atoms with Crippen molar-refractivity contribution in [1.29, 1.82) is 0 Å². The lowest BCUT2D eigenvalue weighted by Gasteiger charge is -2.23. The molecule has 1 unspecified atom stereocenters. The van der Waals surface area contributed by atoms with Crippen molar-refractivity contribution >= 4 is 5.91 Å². The third-order valence-electron chi connectivity index (χ3n) is 4.33. The van der Waals surface area contributed by atoms with Crippen LogP contribution in [0.4, 0.5) is 0 Å². The molecule has 1 saturated carbocycles. The summed E-state index contributed by atoms with van der Waals surface area (Å²) in [7, 11) is 0. The number of carbonyl (C=O) groups is 1. The first-order valence-corrected chi connectivity index (χ1v) is 7.89. The summed E-state index contributed by atoms with van der Waals surface area (Å²) in [6.07, 6.45) is 9.50. The normalized spacial score (nSPS) is 25.0. The fourth-order valence-electron chi connectivity index (χ4n) is 3.24. The fourth-order valence-corrected chi connectivity index (χ4v) is 3.24. The molecule has 4 heteroatoms. The zero-order valence-electron chi connectivity index (χ0n) is 12.2. The average molecular weight is 268 g/mol. The van der Waals surface area contributed by atoms with E-state index in [0.29, 0.717) is 12.5 Å². The zero-order chi connectivity index (χ0) is 13.6. The highest BCUT2D eigenvalue weighted by molar-refractivity contribution is 5.75. The van der Waals surface area contributed by atoms with Gasteiger partial charge in [0.25, 0.3) is 0 Å². The number of carbonyl (C=O) groups excluding carboxylic acids is 1. The molecule has 110 valence electrons. The summed E-state index contributed by atoms with van der Waals surface area (Å²) in [5.74, 6) is 0.147. The van der Waals surface area contributed by atoms with E-state index in [1.807, 2.05) is 0 Å². The highest BCUT2D eigenvalue weighted by atomic mass is 16.5. The summed E-state index contributed by atoms with van der Waals surface area (Å²) < 4.78 is 6.22. The maximum Gasteiger partial charge on any atom is 0.221 e. The van der Waals surface area contributed by atoms with E-state index in [1.165, 1.54) is 38.5 Å². The standard InChI is InChI=1S/C15H28N2O2/c1-2-10-17-14(18)6-11-16-12-13-5-9-15(19-13)7-3-4-8-15/h13,16H,2-12H2,1H3,(H,17,18). The molecule has 19 heavy (non-hydrogen) atoms. The van der Waals surface area contributed by atoms with Crippen LogP contribution in [0, 0.1) is 0 Å². The highest BCUT2D eigenvalue weighted by Crippen LogP contribution is 2.43. The van der Waals surface area contributed by atoms with Crippen molar-refractivity contribution in [2.75, 3.05) is 19.6 Å². The number of nitrogens with one attached hydrogen (secondary N) is 2. The Morgan fingerprint density at radius 3 is 2.79 bits per heavy atom. The third kappa shape index (κ3) is 4.46. The fraction of sp³-hybridized carbons (Fsp3) is 0.933. The quantitative estimate of drug-likeness (QED) is 0.694. The Labute approximate surface area is 116 Å². The van der Waals surface area contributed by atoms with E-state index in [-0.39, 0.29) is 11.5 Å². The zero-order valence-corrected chi connectivity index (χ0v) is 12.2. The Bertz CT molecular complexity index is 288. The molecule has 2 aliphatic rings. The molecule has 0 aromatic carbocycles. The molecule has 1 spiro atoms. The molecule has 0 radical (unpaired) electrons. The monoisotopic (exact) mass is 268 g/mol. The minimum atomic E-state index is 0.147. The second-order valence-corrected chi connectivity index (χ2v) is 5.97. The van der Waals surface area contributed by atoms with Crippen LogP contribution in [-0.4, -0.2) is 37.2 Å². The predicted molar refractivity (Wildman–Crippen MR) is 76.1 cm³/mol. The van der Waals surface area contributed by atoms with Crippen LogP contribution in [-0.2, 0) is 9.53 Å². The smallest absolute Gasteiger partial charge is 0.221 e. The van der Waals surface area contributed by atoms with Gasteiger partial charge in [0.05, 0.1) is 11.7 Å². The van der Waals surface area contributed by atoms with Crippen molar-refractivity contribution in [3.05, 3.63) is 0 Å². The van der Waals surface area contributed by atoms with E-state index in [0.717, 1.165) is 26.1 Å². The lowest BCUT2D eigenvalue weighted by Crippen LogP contribution is -2.33. The molecular weight excluding hydrogens is 240 g/mol. The van der Waals surface area contributed by atoms with Crippen LogP contribution in [0.3, 0.4) is 0 Å². The van der Waals surface area contributed by atoms with Gasteiger partial charge in [-0.3, -0.25) is 4.79 Å². The van der Waals surface area contributed by atoms with Gasteiger partial charge >= 0.3 is 0 Å². The molecule has 1 heterocycles.